The average Bonchev–Trinajstić information content (AvgIpc) is 3.19. The minimum Gasteiger partial charge on any atom is -0.497 e. The molecule has 0 atom stereocenters. The first-order valence-corrected chi connectivity index (χ1v) is 10.9. The number of amides is 1. The Kier molecular flexibility index (Phi) is 8.02. The number of carbonyl (C=O) groups excluding carboxylic acids is 1. The van der Waals surface area contributed by atoms with Crippen LogP contribution in [0.3, 0.4) is 0 Å². The number of anilines is 1. The molecule has 0 aliphatic carbocycles. The van der Waals surface area contributed by atoms with Gasteiger partial charge in [-0.25, -0.2) is 0 Å². The van der Waals surface area contributed by atoms with Crippen LogP contribution in [0, 0.1) is 0 Å². The van der Waals surface area contributed by atoms with Crippen LogP contribution in [0.25, 0.3) is 0 Å². The maximum atomic E-state index is 12.4. The van der Waals surface area contributed by atoms with Crippen molar-refractivity contribution < 1.29 is 19.0 Å². The number of hydrogen-bond acceptors (Lipinski definition) is 7. The first-order valence-electron chi connectivity index (χ1n) is 9.49. The number of rotatable bonds is 10. The van der Waals surface area contributed by atoms with Crippen LogP contribution >= 0.6 is 23.4 Å². The Hall–Kier alpha value is -2.91. The van der Waals surface area contributed by atoms with E-state index in [0.717, 1.165) is 0 Å². The van der Waals surface area contributed by atoms with E-state index >= 15 is 0 Å². The monoisotopic (exact) mass is 462 g/mol. The quantitative estimate of drug-likeness (QED) is 0.450. The Bertz CT molecular complexity index is 1030. The zero-order valence-electron chi connectivity index (χ0n) is 17.4. The molecule has 3 aromatic rings. The smallest absolute Gasteiger partial charge is 0.234 e. The van der Waals surface area contributed by atoms with Crippen LogP contribution in [0.15, 0.2) is 47.6 Å². The van der Waals surface area contributed by atoms with Crippen molar-refractivity contribution >= 4 is 35.0 Å². The number of carbonyl (C=O) groups is 1. The molecule has 0 fully saturated rings. The van der Waals surface area contributed by atoms with E-state index in [2.05, 4.69) is 15.5 Å². The van der Waals surface area contributed by atoms with Crippen LogP contribution < -0.4 is 19.5 Å². The highest BCUT2D eigenvalue weighted by Gasteiger charge is 2.15. The molecule has 0 aliphatic rings. The summed E-state index contributed by atoms with van der Waals surface area (Å²) in [6.07, 6.45) is 0. The van der Waals surface area contributed by atoms with Crippen molar-refractivity contribution in [3.8, 4) is 17.2 Å². The Morgan fingerprint density at radius 1 is 1.10 bits per heavy atom. The number of nitrogens with one attached hydrogen (secondary N) is 1. The fraction of sp³-hybridized carbons (Fsp3) is 0.286. The van der Waals surface area contributed by atoms with E-state index in [9.17, 15) is 4.79 Å². The van der Waals surface area contributed by atoms with E-state index in [-0.39, 0.29) is 18.3 Å². The second-order valence-electron chi connectivity index (χ2n) is 6.29. The summed E-state index contributed by atoms with van der Waals surface area (Å²) < 4.78 is 18.2. The topological polar surface area (TPSA) is 87.5 Å². The van der Waals surface area contributed by atoms with E-state index < -0.39 is 0 Å². The molecule has 0 saturated heterocycles. The van der Waals surface area contributed by atoms with Gasteiger partial charge in [0.05, 0.1) is 25.7 Å². The molecule has 1 amide bonds. The average molecular weight is 463 g/mol. The SMILES string of the molecule is CCn1c(COc2ccc(Cl)cc2)nnc1SCC(=O)Nc1ccc(OC)cc1OC. The van der Waals surface area contributed by atoms with Crippen LogP contribution in [0.5, 0.6) is 17.2 Å². The lowest BCUT2D eigenvalue weighted by Gasteiger charge is -2.12. The van der Waals surface area contributed by atoms with Gasteiger partial charge in [-0.2, -0.15) is 0 Å². The summed E-state index contributed by atoms with van der Waals surface area (Å²) in [6, 6.07) is 12.3. The normalized spacial score (nSPS) is 10.6. The predicted octanol–water partition coefficient (Wildman–Crippen LogP) is 4.28. The lowest BCUT2D eigenvalue weighted by Crippen LogP contribution is -2.15. The van der Waals surface area contributed by atoms with Gasteiger partial charge >= 0.3 is 0 Å². The summed E-state index contributed by atoms with van der Waals surface area (Å²) in [6.45, 7) is 2.91. The maximum absolute atomic E-state index is 12.4. The molecule has 0 unspecified atom stereocenters. The Labute approximate surface area is 189 Å². The van der Waals surface area contributed by atoms with Gasteiger partial charge < -0.3 is 24.1 Å². The number of benzene rings is 2. The highest BCUT2D eigenvalue weighted by molar-refractivity contribution is 7.99. The van der Waals surface area contributed by atoms with Gasteiger partial charge in [-0.05, 0) is 43.3 Å². The molecule has 0 spiro atoms. The number of nitrogens with zero attached hydrogens (tertiary/aromatic N) is 3. The molecule has 1 heterocycles. The molecular formula is C21H23ClN4O4S. The molecule has 0 aliphatic heterocycles. The Morgan fingerprint density at radius 3 is 2.52 bits per heavy atom. The molecule has 0 saturated carbocycles. The van der Waals surface area contributed by atoms with Gasteiger partial charge in [-0.15, -0.1) is 10.2 Å². The zero-order chi connectivity index (χ0) is 22.2. The van der Waals surface area contributed by atoms with Crippen LogP contribution in [0.1, 0.15) is 12.7 Å². The fourth-order valence-electron chi connectivity index (χ4n) is 2.75. The molecule has 31 heavy (non-hydrogen) atoms. The van der Waals surface area contributed by atoms with E-state index in [4.69, 9.17) is 25.8 Å². The minimum absolute atomic E-state index is 0.172. The largest absolute Gasteiger partial charge is 0.497 e. The van der Waals surface area contributed by atoms with E-state index in [1.807, 2.05) is 11.5 Å². The fourth-order valence-corrected chi connectivity index (χ4v) is 3.69. The summed E-state index contributed by atoms with van der Waals surface area (Å²) in [5, 5.41) is 12.5. The third-order valence-corrected chi connectivity index (χ3v) is 5.53. The zero-order valence-corrected chi connectivity index (χ0v) is 19.0. The van der Waals surface area contributed by atoms with Crippen molar-refractivity contribution in [2.45, 2.75) is 25.2 Å². The van der Waals surface area contributed by atoms with Crippen molar-refractivity contribution in [2.24, 2.45) is 0 Å². The lowest BCUT2D eigenvalue weighted by atomic mass is 10.2. The summed E-state index contributed by atoms with van der Waals surface area (Å²) in [5.41, 5.74) is 0.572. The number of halogens is 1. The molecule has 1 aromatic heterocycles. The first-order chi connectivity index (χ1) is 15.0. The third kappa shape index (κ3) is 6.05. The second-order valence-corrected chi connectivity index (χ2v) is 7.67. The van der Waals surface area contributed by atoms with Crippen molar-refractivity contribution in [3.05, 3.63) is 53.3 Å². The van der Waals surface area contributed by atoms with Gasteiger partial charge in [0.1, 0.15) is 23.9 Å². The second kappa shape index (κ2) is 10.9. The Balaban J connectivity index is 1.59. The maximum Gasteiger partial charge on any atom is 0.234 e. The third-order valence-electron chi connectivity index (χ3n) is 4.31. The highest BCUT2D eigenvalue weighted by atomic mass is 35.5. The lowest BCUT2D eigenvalue weighted by molar-refractivity contribution is -0.113. The van der Waals surface area contributed by atoms with Gasteiger partial charge in [-0.3, -0.25) is 4.79 Å². The van der Waals surface area contributed by atoms with Crippen LogP contribution in [0.4, 0.5) is 5.69 Å². The highest BCUT2D eigenvalue weighted by Crippen LogP contribution is 2.29. The summed E-state index contributed by atoms with van der Waals surface area (Å²) in [5.74, 6) is 2.53. The molecule has 164 valence electrons. The number of methoxy groups -OCH3 is 2. The molecule has 10 heteroatoms. The molecule has 0 bridgehead atoms. The van der Waals surface area contributed by atoms with Gasteiger partial charge in [-0.1, -0.05) is 23.4 Å². The molecule has 1 N–H and O–H groups in total. The molecule has 8 nitrogen and oxygen atoms in total. The number of ether oxygens (including phenoxy) is 3. The standard InChI is InChI=1S/C21H23ClN4O4S/c1-4-26-19(12-30-15-7-5-14(22)6-8-15)24-25-21(26)31-13-20(27)23-17-10-9-16(28-2)11-18(17)29-3/h5-11H,4,12-13H2,1-3H3,(H,23,27). The van der Waals surface area contributed by atoms with E-state index in [0.29, 0.717) is 45.5 Å². The van der Waals surface area contributed by atoms with Crippen molar-refractivity contribution in [1.82, 2.24) is 14.8 Å². The number of thioether (sulfide) groups is 1. The first kappa shape index (κ1) is 22.8. The van der Waals surface area contributed by atoms with Crippen molar-refractivity contribution in [3.63, 3.8) is 0 Å². The number of aromatic nitrogens is 3. The van der Waals surface area contributed by atoms with Crippen LogP contribution in [-0.4, -0.2) is 40.6 Å². The summed E-state index contributed by atoms with van der Waals surface area (Å²) in [7, 11) is 3.11. The molecule has 0 radical (unpaired) electrons. The summed E-state index contributed by atoms with van der Waals surface area (Å²) >= 11 is 7.20. The predicted molar refractivity (Wildman–Crippen MR) is 120 cm³/mol. The van der Waals surface area contributed by atoms with Crippen molar-refractivity contribution in [1.29, 1.82) is 0 Å². The van der Waals surface area contributed by atoms with Gasteiger partial charge in [0.15, 0.2) is 11.0 Å². The molecule has 3 rings (SSSR count). The van der Waals surface area contributed by atoms with Gasteiger partial charge in [0.2, 0.25) is 5.91 Å². The van der Waals surface area contributed by atoms with Crippen LogP contribution in [0.2, 0.25) is 5.02 Å². The molecule has 2 aromatic carbocycles. The number of hydrogen-bond donors (Lipinski definition) is 1. The molecular weight excluding hydrogens is 440 g/mol. The van der Waals surface area contributed by atoms with Crippen LogP contribution in [-0.2, 0) is 17.9 Å². The van der Waals surface area contributed by atoms with Gasteiger partial charge in [0.25, 0.3) is 0 Å². The Morgan fingerprint density at radius 2 is 1.84 bits per heavy atom. The van der Waals surface area contributed by atoms with E-state index in [1.54, 1.807) is 49.6 Å². The minimum atomic E-state index is -0.182. The van der Waals surface area contributed by atoms with E-state index in [1.165, 1.54) is 18.9 Å². The van der Waals surface area contributed by atoms with Crippen molar-refractivity contribution in [2.75, 3.05) is 25.3 Å². The summed E-state index contributed by atoms with van der Waals surface area (Å²) in [4.78, 5) is 12.4. The van der Waals surface area contributed by atoms with Gasteiger partial charge in [0, 0.05) is 17.6 Å².